The van der Waals surface area contributed by atoms with Gasteiger partial charge in [0.25, 0.3) is 0 Å². The van der Waals surface area contributed by atoms with Crippen molar-refractivity contribution in [2.75, 3.05) is 6.54 Å². The Bertz CT molecular complexity index is 277. The molecule has 1 fully saturated rings. The van der Waals surface area contributed by atoms with E-state index >= 15 is 0 Å². The molecule has 2 unspecified atom stereocenters. The number of hydrogen-bond donors (Lipinski definition) is 1. The van der Waals surface area contributed by atoms with Crippen LogP contribution in [-0.4, -0.2) is 18.6 Å². The van der Waals surface area contributed by atoms with Gasteiger partial charge in [-0.05, 0) is 18.8 Å². The lowest BCUT2D eigenvalue weighted by Crippen LogP contribution is -2.45. The Hall–Kier alpha value is -0.740. The molecule has 0 heterocycles. The van der Waals surface area contributed by atoms with Gasteiger partial charge in [0.2, 0.25) is 5.91 Å². The molecule has 0 aromatic rings. The van der Waals surface area contributed by atoms with Gasteiger partial charge in [-0.2, -0.15) is 13.2 Å². The number of carbonyl (C=O) groups is 1. The summed E-state index contributed by atoms with van der Waals surface area (Å²) in [6, 6.07) is 0. The third-order valence-electron chi connectivity index (χ3n) is 3.88. The van der Waals surface area contributed by atoms with E-state index in [-0.39, 0.29) is 18.4 Å². The smallest absolute Gasteiger partial charge is 0.355 e. The number of rotatable bonds is 3. The van der Waals surface area contributed by atoms with Crippen molar-refractivity contribution in [3.8, 4) is 0 Å². The molecule has 0 spiro atoms. The van der Waals surface area contributed by atoms with Gasteiger partial charge in [0.1, 0.15) is 0 Å². The van der Waals surface area contributed by atoms with Crippen LogP contribution in [0.15, 0.2) is 0 Å². The Labute approximate surface area is 100.0 Å². The zero-order valence-corrected chi connectivity index (χ0v) is 10.4. The van der Waals surface area contributed by atoms with Crippen LogP contribution in [-0.2, 0) is 4.79 Å². The normalized spacial score (nSPS) is 30.1. The van der Waals surface area contributed by atoms with E-state index in [9.17, 15) is 18.0 Å². The van der Waals surface area contributed by atoms with E-state index in [1.54, 1.807) is 0 Å². The van der Waals surface area contributed by atoms with Crippen LogP contribution in [0.1, 0.15) is 46.0 Å². The number of carbonyl (C=O) groups excluding carboxylic acids is 1. The Morgan fingerprint density at radius 2 is 2.06 bits per heavy atom. The highest BCUT2D eigenvalue weighted by Crippen LogP contribution is 2.40. The predicted octanol–water partition coefficient (Wildman–Crippen LogP) is 3.27. The summed E-state index contributed by atoms with van der Waals surface area (Å²) in [5.41, 5.74) is -0.496. The third kappa shape index (κ3) is 3.89. The summed E-state index contributed by atoms with van der Waals surface area (Å²) in [5, 5.41) is 2.42. The topological polar surface area (TPSA) is 29.1 Å². The van der Waals surface area contributed by atoms with Crippen LogP contribution in [0, 0.1) is 11.3 Å². The first kappa shape index (κ1) is 14.3. The lowest BCUT2D eigenvalue weighted by Gasteiger charge is -2.38. The van der Waals surface area contributed by atoms with Gasteiger partial charge in [-0.25, -0.2) is 0 Å². The van der Waals surface area contributed by atoms with Crippen molar-refractivity contribution in [3.05, 3.63) is 0 Å². The molecular formula is C12H20F3NO. The fourth-order valence-electron chi connectivity index (χ4n) is 2.36. The third-order valence-corrected chi connectivity index (χ3v) is 3.88. The van der Waals surface area contributed by atoms with Crippen molar-refractivity contribution in [2.24, 2.45) is 11.3 Å². The molecule has 0 aromatic heterocycles. The van der Waals surface area contributed by atoms with Crippen LogP contribution in [0.2, 0.25) is 0 Å². The molecule has 1 amide bonds. The first-order valence-electron chi connectivity index (χ1n) is 6.11. The summed E-state index contributed by atoms with van der Waals surface area (Å²) < 4.78 is 35.9. The van der Waals surface area contributed by atoms with Gasteiger partial charge in [0.05, 0.1) is 6.42 Å². The second-order valence-electron chi connectivity index (χ2n) is 5.19. The average molecular weight is 251 g/mol. The molecule has 100 valence electrons. The van der Waals surface area contributed by atoms with Gasteiger partial charge < -0.3 is 5.32 Å². The maximum atomic E-state index is 12.0. The average Bonchev–Trinajstić information content (AvgIpc) is 2.20. The molecule has 0 radical (unpaired) electrons. The monoisotopic (exact) mass is 251 g/mol. The van der Waals surface area contributed by atoms with Crippen molar-refractivity contribution in [1.29, 1.82) is 0 Å². The van der Waals surface area contributed by atoms with Gasteiger partial charge in [-0.15, -0.1) is 0 Å². The van der Waals surface area contributed by atoms with Crippen LogP contribution >= 0.6 is 0 Å². The van der Waals surface area contributed by atoms with Crippen LogP contribution < -0.4 is 5.32 Å². The first-order chi connectivity index (χ1) is 7.76. The predicted molar refractivity (Wildman–Crippen MR) is 59.4 cm³/mol. The summed E-state index contributed by atoms with van der Waals surface area (Å²) in [7, 11) is 0. The van der Waals surface area contributed by atoms with E-state index in [4.69, 9.17) is 0 Å². The van der Waals surface area contributed by atoms with Gasteiger partial charge in [0.15, 0.2) is 0 Å². The Morgan fingerprint density at radius 1 is 1.41 bits per heavy atom. The standard InChI is InChI=1S/C12H20F3NO/c1-9-5-3-4-6-11(9,2)10(17)16-8-7-12(13,14)15/h9H,3-8H2,1-2H3,(H,16,17). The molecule has 0 saturated heterocycles. The van der Waals surface area contributed by atoms with Gasteiger partial charge in [-0.3, -0.25) is 4.79 Å². The van der Waals surface area contributed by atoms with Crippen LogP contribution in [0.25, 0.3) is 0 Å². The van der Waals surface area contributed by atoms with Crippen LogP contribution in [0.3, 0.4) is 0 Å². The SMILES string of the molecule is CC1CCCCC1(C)C(=O)NCCC(F)(F)F. The molecule has 1 rings (SSSR count). The lowest BCUT2D eigenvalue weighted by atomic mass is 9.68. The first-order valence-corrected chi connectivity index (χ1v) is 6.11. The summed E-state index contributed by atoms with van der Waals surface area (Å²) in [4.78, 5) is 11.9. The van der Waals surface area contributed by atoms with Gasteiger partial charge >= 0.3 is 6.18 Å². The molecule has 0 aromatic carbocycles. The minimum atomic E-state index is -4.20. The number of hydrogen-bond acceptors (Lipinski definition) is 1. The second kappa shape index (κ2) is 5.27. The zero-order valence-electron chi connectivity index (χ0n) is 10.4. The van der Waals surface area contributed by atoms with Crippen molar-refractivity contribution in [3.63, 3.8) is 0 Å². The van der Waals surface area contributed by atoms with Crippen molar-refractivity contribution < 1.29 is 18.0 Å². The van der Waals surface area contributed by atoms with Gasteiger partial charge in [0, 0.05) is 12.0 Å². The minimum Gasteiger partial charge on any atom is -0.355 e. The summed E-state index contributed by atoms with van der Waals surface area (Å²) in [6.45, 7) is 3.55. The fraction of sp³-hybridized carbons (Fsp3) is 0.917. The molecule has 1 N–H and O–H groups in total. The Balaban J connectivity index is 2.46. The van der Waals surface area contributed by atoms with E-state index in [0.29, 0.717) is 0 Å². The van der Waals surface area contributed by atoms with Crippen molar-refractivity contribution in [1.82, 2.24) is 5.32 Å². The molecule has 2 atom stereocenters. The quantitative estimate of drug-likeness (QED) is 0.819. The summed E-state index contributed by atoms with van der Waals surface area (Å²) in [5.74, 6) is 0.0103. The molecule has 5 heteroatoms. The fourth-order valence-corrected chi connectivity index (χ4v) is 2.36. The maximum absolute atomic E-state index is 12.0. The Kier molecular flexibility index (Phi) is 4.44. The lowest BCUT2D eigenvalue weighted by molar-refractivity contribution is -0.140. The second-order valence-corrected chi connectivity index (χ2v) is 5.19. The maximum Gasteiger partial charge on any atom is 0.390 e. The number of amides is 1. The van der Waals surface area contributed by atoms with E-state index in [1.165, 1.54) is 0 Å². The van der Waals surface area contributed by atoms with E-state index < -0.39 is 18.0 Å². The molecule has 17 heavy (non-hydrogen) atoms. The molecule has 0 bridgehead atoms. The molecular weight excluding hydrogens is 231 g/mol. The Morgan fingerprint density at radius 3 is 2.59 bits per heavy atom. The van der Waals surface area contributed by atoms with Crippen LogP contribution in [0.4, 0.5) is 13.2 Å². The highest BCUT2D eigenvalue weighted by Gasteiger charge is 2.40. The van der Waals surface area contributed by atoms with E-state index in [0.717, 1.165) is 25.7 Å². The summed E-state index contributed by atoms with van der Waals surface area (Å²) in [6.07, 6.45) is -1.33. The molecule has 1 aliphatic rings. The summed E-state index contributed by atoms with van der Waals surface area (Å²) >= 11 is 0. The number of alkyl halides is 3. The molecule has 1 saturated carbocycles. The molecule has 2 nitrogen and oxygen atoms in total. The molecule has 1 aliphatic carbocycles. The number of nitrogens with one attached hydrogen (secondary N) is 1. The van der Waals surface area contributed by atoms with Gasteiger partial charge in [-0.1, -0.05) is 26.7 Å². The van der Waals surface area contributed by atoms with Crippen molar-refractivity contribution in [2.45, 2.75) is 52.1 Å². The minimum absolute atomic E-state index is 0.228. The van der Waals surface area contributed by atoms with Crippen molar-refractivity contribution >= 4 is 5.91 Å². The zero-order chi connectivity index (χ0) is 13.1. The highest BCUT2D eigenvalue weighted by molar-refractivity contribution is 5.82. The molecule has 0 aliphatic heterocycles. The van der Waals surface area contributed by atoms with E-state index in [2.05, 4.69) is 5.32 Å². The number of halogens is 3. The van der Waals surface area contributed by atoms with Crippen LogP contribution in [0.5, 0.6) is 0 Å². The highest BCUT2D eigenvalue weighted by atomic mass is 19.4. The van der Waals surface area contributed by atoms with E-state index in [1.807, 2.05) is 13.8 Å². The largest absolute Gasteiger partial charge is 0.390 e.